The number of hydrogen-bond acceptors (Lipinski definition) is 5. The van der Waals surface area contributed by atoms with E-state index >= 15 is 0 Å². The summed E-state index contributed by atoms with van der Waals surface area (Å²) in [7, 11) is 0. The molecular formula is C19H12ClFN4O3S. The molecule has 4 rings (SSSR count). The fraction of sp³-hybridized carbons (Fsp3) is 0.0526. The molecule has 0 saturated carbocycles. The Morgan fingerprint density at radius 1 is 1.28 bits per heavy atom. The number of carbonyl (C=O) groups is 2. The molecule has 0 aliphatic carbocycles. The lowest BCUT2D eigenvalue weighted by Gasteiger charge is -2.07. The van der Waals surface area contributed by atoms with Gasteiger partial charge in [-0.25, -0.2) is 19.2 Å². The molecule has 1 aromatic carbocycles. The highest BCUT2D eigenvalue weighted by atomic mass is 35.5. The molecule has 4 aromatic rings. The lowest BCUT2D eigenvalue weighted by Crippen LogP contribution is -2.22. The first kappa shape index (κ1) is 19.0. The lowest BCUT2D eigenvalue weighted by atomic mass is 10.2. The van der Waals surface area contributed by atoms with Crippen LogP contribution in [0.2, 0.25) is 5.02 Å². The van der Waals surface area contributed by atoms with Crippen molar-refractivity contribution in [2.24, 2.45) is 0 Å². The number of fused-ring (bicyclic) bond motifs is 1. The summed E-state index contributed by atoms with van der Waals surface area (Å²) in [6, 6.07) is 7.62. The Labute approximate surface area is 172 Å². The number of aromatic amines is 1. The Morgan fingerprint density at radius 2 is 2.10 bits per heavy atom. The summed E-state index contributed by atoms with van der Waals surface area (Å²) in [5.41, 5.74) is 1.28. The molecule has 0 bridgehead atoms. The quantitative estimate of drug-likeness (QED) is 0.441. The van der Waals surface area contributed by atoms with Crippen LogP contribution in [0.4, 0.5) is 4.39 Å². The molecule has 10 heteroatoms. The Bertz CT molecular complexity index is 1230. The molecule has 7 nitrogen and oxygen atoms in total. The molecule has 0 atom stereocenters. The van der Waals surface area contributed by atoms with E-state index in [4.69, 9.17) is 11.6 Å². The minimum absolute atomic E-state index is 0.0191. The second kappa shape index (κ2) is 7.61. The minimum Gasteiger partial charge on any atom is -0.478 e. The third kappa shape index (κ3) is 3.69. The van der Waals surface area contributed by atoms with Gasteiger partial charge in [0.25, 0.3) is 5.91 Å². The molecule has 0 aliphatic rings. The molecule has 3 heterocycles. The summed E-state index contributed by atoms with van der Waals surface area (Å²) in [4.78, 5) is 36.0. The van der Waals surface area contributed by atoms with Crippen LogP contribution >= 0.6 is 22.9 Å². The number of amides is 1. The van der Waals surface area contributed by atoms with Crippen molar-refractivity contribution < 1.29 is 19.1 Å². The number of carboxylic acid groups (broad SMARTS) is 1. The van der Waals surface area contributed by atoms with Gasteiger partial charge < -0.3 is 15.4 Å². The number of aromatic carboxylic acids is 1. The summed E-state index contributed by atoms with van der Waals surface area (Å²) in [6.45, 7) is -0.0470. The topological polar surface area (TPSA) is 108 Å². The van der Waals surface area contributed by atoms with Crippen molar-refractivity contribution in [3.05, 3.63) is 69.6 Å². The van der Waals surface area contributed by atoms with Crippen LogP contribution in [0.25, 0.3) is 21.7 Å². The first-order chi connectivity index (χ1) is 13.9. The molecule has 3 N–H and O–H groups in total. The molecule has 0 saturated heterocycles. The number of nitrogens with zero attached hydrogens (tertiary/aromatic N) is 2. The van der Waals surface area contributed by atoms with E-state index in [0.717, 1.165) is 11.3 Å². The van der Waals surface area contributed by atoms with Gasteiger partial charge in [0.15, 0.2) is 5.65 Å². The maximum atomic E-state index is 13.8. The Balaban J connectivity index is 1.55. The fourth-order valence-corrected chi connectivity index (χ4v) is 3.83. The van der Waals surface area contributed by atoms with E-state index in [-0.39, 0.29) is 34.1 Å². The number of H-pyrrole nitrogens is 1. The van der Waals surface area contributed by atoms with Gasteiger partial charge in [-0.05, 0) is 24.3 Å². The number of nitrogens with one attached hydrogen (secondary N) is 2. The van der Waals surface area contributed by atoms with E-state index in [1.165, 1.54) is 24.5 Å². The third-order valence-electron chi connectivity index (χ3n) is 4.18. The number of thiophene rings is 1. The van der Waals surface area contributed by atoms with Crippen LogP contribution in [0.15, 0.2) is 42.7 Å². The Kier molecular flexibility index (Phi) is 4.99. The van der Waals surface area contributed by atoms with Crippen molar-refractivity contribution in [2.75, 3.05) is 0 Å². The molecule has 0 radical (unpaired) electrons. The van der Waals surface area contributed by atoms with Crippen LogP contribution < -0.4 is 5.32 Å². The summed E-state index contributed by atoms with van der Waals surface area (Å²) >= 11 is 7.13. The van der Waals surface area contributed by atoms with Crippen LogP contribution in [0, 0.1) is 5.82 Å². The number of rotatable bonds is 5. The normalized spacial score (nSPS) is 11.0. The molecule has 0 fully saturated rings. The van der Waals surface area contributed by atoms with Gasteiger partial charge in [-0.1, -0.05) is 17.7 Å². The molecule has 1 amide bonds. The summed E-state index contributed by atoms with van der Waals surface area (Å²) in [6.07, 6.45) is 2.83. The number of carboxylic acids is 1. The largest absolute Gasteiger partial charge is 0.478 e. The molecule has 0 aliphatic heterocycles. The van der Waals surface area contributed by atoms with Crippen molar-refractivity contribution in [1.29, 1.82) is 0 Å². The van der Waals surface area contributed by atoms with E-state index in [1.54, 1.807) is 18.2 Å². The minimum atomic E-state index is -1.11. The maximum absolute atomic E-state index is 13.8. The van der Waals surface area contributed by atoms with Crippen LogP contribution in [0.1, 0.15) is 25.6 Å². The van der Waals surface area contributed by atoms with Gasteiger partial charge in [-0.3, -0.25) is 4.79 Å². The second-order valence-corrected chi connectivity index (χ2v) is 7.50. The highest BCUT2D eigenvalue weighted by Crippen LogP contribution is 2.28. The highest BCUT2D eigenvalue weighted by Gasteiger charge is 2.16. The predicted molar refractivity (Wildman–Crippen MR) is 107 cm³/mol. The van der Waals surface area contributed by atoms with Gasteiger partial charge in [-0.2, -0.15) is 0 Å². The number of hydrogen-bond donors (Lipinski definition) is 3. The first-order valence-corrected chi connectivity index (χ1v) is 9.52. The zero-order valence-corrected chi connectivity index (χ0v) is 16.1. The van der Waals surface area contributed by atoms with Crippen molar-refractivity contribution in [2.45, 2.75) is 6.54 Å². The number of halogens is 2. The fourth-order valence-electron chi connectivity index (χ4n) is 2.73. The lowest BCUT2D eigenvalue weighted by molar-refractivity contribution is 0.0698. The highest BCUT2D eigenvalue weighted by molar-refractivity contribution is 7.17. The van der Waals surface area contributed by atoms with E-state index < -0.39 is 11.8 Å². The van der Waals surface area contributed by atoms with Gasteiger partial charge in [0, 0.05) is 23.3 Å². The van der Waals surface area contributed by atoms with Gasteiger partial charge in [-0.15, -0.1) is 11.3 Å². The van der Waals surface area contributed by atoms with Gasteiger partial charge in [0.2, 0.25) is 0 Å². The molecule has 0 unspecified atom stereocenters. The number of carbonyl (C=O) groups excluding carboxylic acids is 1. The predicted octanol–water partition coefficient (Wildman–Crippen LogP) is 4.11. The van der Waals surface area contributed by atoms with Crippen LogP contribution in [-0.2, 0) is 6.54 Å². The van der Waals surface area contributed by atoms with Crippen molar-refractivity contribution in [3.8, 4) is 10.6 Å². The van der Waals surface area contributed by atoms with E-state index in [0.29, 0.717) is 21.1 Å². The standard InChI is InChI=1S/C19H12ClFN4O3S/c20-11-2-1-3-12(21)9(11)6-24-18(26)15-5-4-14(29-15)13-8-23-17-16(25-13)10(7-22-17)19(27)28/h1-5,7-8H,6H2,(H,22,23)(H,24,26)(H,27,28). The molecule has 146 valence electrons. The molecule has 0 spiro atoms. The first-order valence-electron chi connectivity index (χ1n) is 8.32. The molecular weight excluding hydrogens is 419 g/mol. The maximum Gasteiger partial charge on any atom is 0.339 e. The zero-order chi connectivity index (χ0) is 20.5. The smallest absolute Gasteiger partial charge is 0.339 e. The van der Waals surface area contributed by atoms with Crippen LogP contribution in [-0.4, -0.2) is 31.9 Å². The molecule has 29 heavy (non-hydrogen) atoms. The van der Waals surface area contributed by atoms with E-state index in [9.17, 15) is 19.1 Å². The van der Waals surface area contributed by atoms with E-state index in [1.807, 2.05) is 0 Å². The SMILES string of the molecule is O=C(NCc1c(F)cccc1Cl)c1ccc(-c2cnc3[nH]cc(C(=O)O)c3n2)s1. The summed E-state index contributed by atoms with van der Waals surface area (Å²) < 4.78 is 13.8. The average molecular weight is 431 g/mol. The van der Waals surface area contributed by atoms with Gasteiger partial charge >= 0.3 is 5.97 Å². The van der Waals surface area contributed by atoms with Crippen LogP contribution in [0.5, 0.6) is 0 Å². The summed E-state index contributed by atoms with van der Waals surface area (Å²) in [5.74, 6) is -1.99. The van der Waals surface area contributed by atoms with Crippen LogP contribution in [0.3, 0.4) is 0 Å². The van der Waals surface area contributed by atoms with E-state index in [2.05, 4.69) is 20.3 Å². The average Bonchev–Trinajstić information content (AvgIpc) is 3.34. The number of aromatic nitrogens is 3. The second-order valence-electron chi connectivity index (χ2n) is 6.01. The number of benzene rings is 1. The summed E-state index contributed by atoms with van der Waals surface area (Å²) in [5, 5.41) is 12.1. The Hall–Kier alpha value is -3.30. The van der Waals surface area contributed by atoms with Gasteiger partial charge in [0.1, 0.15) is 16.9 Å². The monoisotopic (exact) mass is 430 g/mol. The van der Waals surface area contributed by atoms with Crippen molar-refractivity contribution in [3.63, 3.8) is 0 Å². The van der Waals surface area contributed by atoms with Gasteiger partial charge in [0.05, 0.1) is 21.6 Å². The Morgan fingerprint density at radius 3 is 2.86 bits per heavy atom. The van der Waals surface area contributed by atoms with Crippen molar-refractivity contribution >= 4 is 46.0 Å². The third-order valence-corrected chi connectivity index (χ3v) is 5.64. The zero-order valence-electron chi connectivity index (χ0n) is 14.6. The molecule has 3 aromatic heterocycles. The van der Waals surface area contributed by atoms with Crippen molar-refractivity contribution in [1.82, 2.24) is 20.3 Å².